The zero-order valence-electron chi connectivity index (χ0n) is 23.7. The van der Waals surface area contributed by atoms with Gasteiger partial charge in [-0.25, -0.2) is 13.1 Å². The molecule has 1 saturated carbocycles. The summed E-state index contributed by atoms with van der Waals surface area (Å²) in [4.78, 5) is 29.3. The van der Waals surface area contributed by atoms with E-state index in [1.807, 2.05) is 54.6 Å². The van der Waals surface area contributed by atoms with Gasteiger partial charge in [0.25, 0.3) is 0 Å². The first-order chi connectivity index (χ1) is 19.8. The topological polar surface area (TPSA) is 105 Å². The number of nitrogens with zero attached hydrogens (tertiary/aromatic N) is 1. The van der Waals surface area contributed by atoms with Crippen LogP contribution >= 0.6 is 0 Å². The van der Waals surface area contributed by atoms with Crippen LogP contribution in [0.15, 0.2) is 83.8 Å². The van der Waals surface area contributed by atoms with Crippen molar-refractivity contribution in [3.8, 4) is 5.75 Å². The number of amides is 2. The first-order valence-electron chi connectivity index (χ1n) is 14.2. The molecular weight excluding hydrogens is 538 g/mol. The van der Waals surface area contributed by atoms with E-state index in [-0.39, 0.29) is 35.7 Å². The number of aryl methyl sites for hydroxylation is 1. The molecule has 0 bridgehead atoms. The molecule has 4 rings (SSSR count). The Morgan fingerprint density at radius 3 is 2.22 bits per heavy atom. The highest BCUT2D eigenvalue weighted by Gasteiger charge is 2.31. The predicted octanol–water partition coefficient (Wildman–Crippen LogP) is 4.75. The van der Waals surface area contributed by atoms with Crippen LogP contribution in [0.4, 0.5) is 0 Å². The van der Waals surface area contributed by atoms with Crippen LogP contribution in [0, 0.1) is 0 Å². The molecule has 0 heterocycles. The number of unbranched alkanes of at least 4 members (excludes halogenated alkanes) is 1. The Hall–Kier alpha value is -3.69. The molecule has 3 aromatic carbocycles. The van der Waals surface area contributed by atoms with Crippen molar-refractivity contribution >= 4 is 21.8 Å². The Balaban J connectivity index is 1.55. The van der Waals surface area contributed by atoms with Crippen LogP contribution in [-0.4, -0.2) is 44.8 Å². The molecule has 2 amide bonds. The van der Waals surface area contributed by atoms with Gasteiger partial charge in [-0.3, -0.25) is 9.59 Å². The molecule has 1 aliphatic carbocycles. The number of hydrogen-bond donors (Lipinski definition) is 2. The summed E-state index contributed by atoms with van der Waals surface area (Å²) in [7, 11) is -1.94. The van der Waals surface area contributed by atoms with E-state index in [4.69, 9.17) is 4.74 Å². The number of hydrogen-bond acceptors (Lipinski definition) is 5. The number of benzene rings is 3. The van der Waals surface area contributed by atoms with Crippen molar-refractivity contribution in [1.82, 2.24) is 14.9 Å². The molecule has 1 fully saturated rings. The summed E-state index contributed by atoms with van der Waals surface area (Å²) in [6.45, 7) is 2.84. The summed E-state index contributed by atoms with van der Waals surface area (Å²) >= 11 is 0. The van der Waals surface area contributed by atoms with E-state index in [2.05, 4.69) is 17.0 Å². The van der Waals surface area contributed by atoms with Crippen molar-refractivity contribution in [3.63, 3.8) is 0 Å². The maximum absolute atomic E-state index is 13.9. The second-order valence-electron chi connectivity index (χ2n) is 10.4. The molecule has 218 valence electrons. The Morgan fingerprint density at radius 1 is 0.951 bits per heavy atom. The van der Waals surface area contributed by atoms with E-state index in [0.717, 1.165) is 42.4 Å². The van der Waals surface area contributed by atoms with Gasteiger partial charge < -0.3 is 15.0 Å². The molecular formula is C32H39N3O5S. The third-order valence-corrected chi connectivity index (χ3v) is 8.63. The van der Waals surface area contributed by atoms with Crippen molar-refractivity contribution in [2.24, 2.45) is 0 Å². The minimum absolute atomic E-state index is 0.0331. The Labute approximate surface area is 243 Å². The zero-order valence-corrected chi connectivity index (χ0v) is 24.5. The Bertz CT molecular complexity index is 1390. The summed E-state index contributed by atoms with van der Waals surface area (Å²) in [5.74, 6) is 0.318. The fourth-order valence-electron chi connectivity index (χ4n) is 4.56. The third kappa shape index (κ3) is 8.65. The van der Waals surface area contributed by atoms with Gasteiger partial charge in [-0.15, -0.1) is 0 Å². The van der Waals surface area contributed by atoms with E-state index >= 15 is 0 Å². The number of carbonyl (C=O) groups is 2. The van der Waals surface area contributed by atoms with Crippen LogP contribution in [0.1, 0.15) is 61.8 Å². The van der Waals surface area contributed by atoms with E-state index in [0.29, 0.717) is 18.7 Å². The highest BCUT2D eigenvalue weighted by Crippen LogP contribution is 2.26. The van der Waals surface area contributed by atoms with Gasteiger partial charge in [-0.05, 0) is 66.6 Å². The molecule has 9 heteroatoms. The SMILES string of the molecule is CCCCNC(=O)C(c1ccccc1)N(Cc1ccc(OC)cc1)C(=O)CCc1ccc(S(=O)(=O)NC2CC2)cc1. The molecule has 1 unspecified atom stereocenters. The van der Waals surface area contributed by atoms with Gasteiger partial charge in [0.1, 0.15) is 11.8 Å². The molecule has 0 spiro atoms. The fraction of sp³-hybridized carbons (Fsp3) is 0.375. The second-order valence-corrected chi connectivity index (χ2v) is 12.1. The van der Waals surface area contributed by atoms with Crippen molar-refractivity contribution in [2.45, 2.75) is 69.0 Å². The van der Waals surface area contributed by atoms with Gasteiger partial charge in [0, 0.05) is 25.6 Å². The standard InChI is InChI=1S/C32H39N3O5S/c1-3-4-22-33-32(37)31(26-8-6-5-7-9-26)35(23-25-10-17-28(40-2)18-11-25)30(36)21-14-24-12-19-29(20-13-24)41(38,39)34-27-15-16-27/h5-13,17-20,27,31,34H,3-4,14-16,21-23H2,1-2H3,(H,33,37). The summed E-state index contributed by atoms with van der Waals surface area (Å²) in [6, 6.07) is 22.7. The van der Waals surface area contributed by atoms with Gasteiger partial charge in [0.05, 0.1) is 12.0 Å². The number of ether oxygens (including phenoxy) is 1. The number of carbonyl (C=O) groups excluding carboxylic acids is 2. The van der Waals surface area contributed by atoms with Gasteiger partial charge >= 0.3 is 0 Å². The second kappa shape index (κ2) is 14.3. The summed E-state index contributed by atoms with van der Waals surface area (Å²) in [5, 5.41) is 3.02. The largest absolute Gasteiger partial charge is 0.497 e. The third-order valence-electron chi connectivity index (χ3n) is 7.10. The normalized spacial score (nSPS) is 13.8. The van der Waals surface area contributed by atoms with Gasteiger partial charge in [0.15, 0.2) is 0 Å². The van der Waals surface area contributed by atoms with Gasteiger partial charge in [0.2, 0.25) is 21.8 Å². The molecule has 1 atom stereocenters. The van der Waals surface area contributed by atoms with E-state index in [9.17, 15) is 18.0 Å². The van der Waals surface area contributed by atoms with Crippen LogP contribution < -0.4 is 14.8 Å². The first kappa shape index (κ1) is 30.3. The zero-order chi connectivity index (χ0) is 29.2. The van der Waals surface area contributed by atoms with E-state index in [1.54, 1.807) is 36.3 Å². The molecule has 2 N–H and O–H groups in total. The molecule has 0 saturated heterocycles. The first-order valence-corrected chi connectivity index (χ1v) is 15.7. The molecule has 41 heavy (non-hydrogen) atoms. The van der Waals surface area contributed by atoms with Crippen LogP contribution in [0.2, 0.25) is 0 Å². The summed E-state index contributed by atoms with van der Waals surface area (Å²) in [6.07, 6.45) is 4.10. The van der Waals surface area contributed by atoms with Crippen LogP contribution in [-0.2, 0) is 32.6 Å². The lowest BCUT2D eigenvalue weighted by atomic mass is 10.0. The van der Waals surface area contributed by atoms with Crippen molar-refractivity contribution < 1.29 is 22.7 Å². The molecule has 0 aliphatic heterocycles. The highest BCUT2D eigenvalue weighted by molar-refractivity contribution is 7.89. The van der Waals surface area contributed by atoms with Crippen molar-refractivity contribution in [1.29, 1.82) is 0 Å². The molecule has 8 nitrogen and oxygen atoms in total. The van der Waals surface area contributed by atoms with Crippen molar-refractivity contribution in [2.75, 3.05) is 13.7 Å². The number of methoxy groups -OCH3 is 1. The molecule has 1 aliphatic rings. The maximum atomic E-state index is 13.9. The minimum atomic E-state index is -3.54. The maximum Gasteiger partial charge on any atom is 0.247 e. The molecule has 0 radical (unpaired) electrons. The summed E-state index contributed by atoms with van der Waals surface area (Å²) in [5.41, 5.74) is 2.46. The molecule has 0 aromatic heterocycles. The van der Waals surface area contributed by atoms with Crippen molar-refractivity contribution in [3.05, 3.63) is 95.6 Å². The van der Waals surface area contributed by atoms with Crippen LogP contribution in [0.25, 0.3) is 0 Å². The predicted molar refractivity (Wildman–Crippen MR) is 159 cm³/mol. The fourth-order valence-corrected chi connectivity index (χ4v) is 5.87. The van der Waals surface area contributed by atoms with Gasteiger partial charge in [-0.1, -0.05) is 67.9 Å². The average molecular weight is 578 g/mol. The smallest absolute Gasteiger partial charge is 0.247 e. The van der Waals surface area contributed by atoms with E-state index in [1.165, 1.54) is 0 Å². The molecule has 3 aromatic rings. The Morgan fingerprint density at radius 2 is 1.61 bits per heavy atom. The average Bonchev–Trinajstić information content (AvgIpc) is 3.80. The summed E-state index contributed by atoms with van der Waals surface area (Å²) < 4.78 is 33.0. The highest BCUT2D eigenvalue weighted by atomic mass is 32.2. The van der Waals surface area contributed by atoms with Crippen LogP contribution in [0.5, 0.6) is 5.75 Å². The van der Waals surface area contributed by atoms with E-state index < -0.39 is 16.1 Å². The lowest BCUT2D eigenvalue weighted by Crippen LogP contribution is -2.43. The Kier molecular flexibility index (Phi) is 10.5. The lowest BCUT2D eigenvalue weighted by molar-refractivity contribution is -0.141. The lowest BCUT2D eigenvalue weighted by Gasteiger charge is -2.32. The minimum Gasteiger partial charge on any atom is -0.497 e. The number of sulfonamides is 1. The monoisotopic (exact) mass is 577 g/mol. The van der Waals surface area contributed by atoms with Crippen LogP contribution in [0.3, 0.4) is 0 Å². The number of nitrogens with one attached hydrogen (secondary N) is 2. The number of rotatable bonds is 15. The quantitative estimate of drug-likeness (QED) is 0.254. The van der Waals surface area contributed by atoms with Gasteiger partial charge in [-0.2, -0.15) is 0 Å².